The monoisotopic (exact) mass is 386 g/mol. The second-order valence-corrected chi connectivity index (χ2v) is 3.94. The molecule has 19 heavy (non-hydrogen) atoms. The largest absolute Gasteiger partial charge is 1.00 e. The molecule has 1 N–H and O–H groups in total. The molecule has 2 heterocycles. The van der Waals surface area contributed by atoms with Crippen molar-refractivity contribution in [2.45, 2.75) is 19.9 Å². The van der Waals surface area contributed by atoms with Crippen LogP contribution in [0.2, 0.25) is 0 Å². The zero-order chi connectivity index (χ0) is 12.1. The molecular weight excluding hydrogens is 372 g/mol. The number of halogens is 2. The molecule has 2 rings (SSSR count). The molecule has 0 saturated heterocycles. The number of Topliss-reactive ketones (excluding diaryl/α,β-unsaturated/α-hetero) is 1. The number of carbonyl (C=O) groups is 1. The molecule has 0 aliphatic heterocycles. The van der Waals surface area contributed by atoms with Crippen LogP contribution in [0.4, 0.5) is 0 Å². The number of nitrogens with one attached hydrogen (secondary N) is 1. The molecule has 102 valence electrons. The van der Waals surface area contributed by atoms with E-state index in [9.17, 15) is 4.79 Å². The Morgan fingerprint density at radius 2 is 1.58 bits per heavy atom. The van der Waals surface area contributed by atoms with Gasteiger partial charge in [0, 0.05) is 30.7 Å². The van der Waals surface area contributed by atoms with Crippen molar-refractivity contribution in [1.29, 1.82) is 0 Å². The molecule has 0 atom stereocenters. The Kier molecular flexibility index (Phi) is 8.43. The molecule has 0 fully saturated rings. The van der Waals surface area contributed by atoms with Crippen molar-refractivity contribution in [2.24, 2.45) is 0 Å². The van der Waals surface area contributed by atoms with Gasteiger partial charge in [-0.3, -0.25) is 4.79 Å². The molecule has 0 aliphatic carbocycles. The van der Waals surface area contributed by atoms with Crippen molar-refractivity contribution in [3.05, 3.63) is 49.1 Å². The summed E-state index contributed by atoms with van der Waals surface area (Å²) in [5.74, 6) is 0.247. The lowest BCUT2D eigenvalue weighted by Crippen LogP contribution is -3.00. The van der Waals surface area contributed by atoms with Crippen LogP contribution >= 0.6 is 0 Å². The first-order chi connectivity index (χ1) is 8.29. The first-order valence-corrected chi connectivity index (χ1v) is 5.77. The summed E-state index contributed by atoms with van der Waals surface area (Å²) in [5.41, 5.74) is 2.32. The molecule has 0 bridgehead atoms. The van der Waals surface area contributed by atoms with Crippen LogP contribution in [0, 0.1) is 0 Å². The van der Waals surface area contributed by atoms with Gasteiger partial charge in [0.25, 0.3) is 0 Å². The second kappa shape index (κ2) is 8.93. The van der Waals surface area contributed by atoms with Crippen molar-refractivity contribution in [3.63, 3.8) is 0 Å². The highest BCUT2D eigenvalue weighted by Gasteiger charge is 2.07. The molecule has 0 aromatic carbocycles. The summed E-state index contributed by atoms with van der Waals surface area (Å²) in [6.07, 6.45) is 8.27. The molecule has 2 aromatic heterocycles. The lowest BCUT2D eigenvalue weighted by Gasteiger charge is -1.98. The van der Waals surface area contributed by atoms with Gasteiger partial charge < -0.3 is 34.0 Å². The van der Waals surface area contributed by atoms with Gasteiger partial charge in [0.15, 0.2) is 30.6 Å². The first kappa shape index (κ1) is 17.9. The number of aromatic nitrogens is 2. The molecule has 0 amide bonds. The van der Waals surface area contributed by atoms with Gasteiger partial charge in [0.05, 0.1) is 0 Å². The fourth-order valence-corrected chi connectivity index (χ4v) is 1.65. The predicted molar refractivity (Wildman–Crippen MR) is 63.9 cm³/mol. The van der Waals surface area contributed by atoms with Gasteiger partial charge in [-0.1, -0.05) is 6.92 Å². The summed E-state index contributed by atoms with van der Waals surface area (Å²) in [4.78, 5) is 14.3. The topological polar surface area (TPSA) is 35.1 Å². The molecule has 3 nitrogen and oxygen atoms in total. The number of nitrogens with zero attached hydrogens (tertiary/aromatic N) is 1. The van der Waals surface area contributed by atoms with E-state index in [0.717, 1.165) is 11.1 Å². The average molecular weight is 388 g/mol. The molecule has 0 radical (unpaired) electrons. The average Bonchev–Trinajstić information content (AvgIpc) is 2.40. The standard InChI is InChI=1S/C14H15N2O.2BrH/c1-2-14(17)11-16-9-5-13(6-10-16)12-3-7-15-8-4-12;;/h3-10H,2,11H2,1H3;2*1H/q+1;;/p-1. The lowest BCUT2D eigenvalue weighted by molar-refractivity contribution is -0.684. The molecule has 2 aromatic rings. The Hall–Kier alpha value is -1.07. The highest BCUT2D eigenvalue weighted by Crippen LogP contribution is 2.14. The van der Waals surface area contributed by atoms with Crippen LogP contribution < -0.4 is 43.5 Å². The molecule has 0 unspecified atom stereocenters. The highest BCUT2D eigenvalue weighted by molar-refractivity contribution is 5.76. The maximum Gasteiger partial charge on any atom is 0.206 e. The molecule has 0 spiro atoms. The van der Waals surface area contributed by atoms with Gasteiger partial charge in [0.1, 0.15) is 0 Å². The number of pyridine rings is 2. The van der Waals surface area contributed by atoms with E-state index in [-0.39, 0.29) is 39.7 Å². The van der Waals surface area contributed by atoms with E-state index in [1.165, 1.54) is 0 Å². The normalized spacial score (nSPS) is 9.11. The fraction of sp³-hybridized carbons (Fsp3) is 0.214. The van der Waals surface area contributed by atoms with Crippen molar-refractivity contribution in [3.8, 4) is 11.1 Å². The molecule has 0 saturated carbocycles. The van der Waals surface area contributed by atoms with Gasteiger partial charge in [-0.05, 0) is 11.1 Å². The Bertz CT molecular complexity index is 501. The number of rotatable bonds is 4. The summed E-state index contributed by atoms with van der Waals surface area (Å²) in [6, 6.07) is 8.10. The molecule has 0 aliphatic rings. The third kappa shape index (κ3) is 5.20. The minimum absolute atomic E-state index is 0. The van der Waals surface area contributed by atoms with Crippen LogP contribution in [0.3, 0.4) is 0 Å². The van der Waals surface area contributed by atoms with E-state index >= 15 is 0 Å². The van der Waals surface area contributed by atoms with E-state index in [2.05, 4.69) is 4.98 Å². The minimum Gasteiger partial charge on any atom is -1.00 e. The third-order valence-corrected chi connectivity index (χ3v) is 2.70. The summed E-state index contributed by atoms with van der Waals surface area (Å²) in [7, 11) is 0. The van der Waals surface area contributed by atoms with Gasteiger partial charge in [-0.15, -0.1) is 0 Å². The zero-order valence-electron chi connectivity index (χ0n) is 10.6. The van der Waals surface area contributed by atoms with E-state index in [1.54, 1.807) is 0 Å². The number of hydrogen-bond donors (Lipinski definition) is 0. The Labute approximate surface area is 134 Å². The lowest BCUT2D eigenvalue weighted by atomic mass is 10.1. The maximum absolute atomic E-state index is 11.3. The van der Waals surface area contributed by atoms with Crippen LogP contribution in [0.5, 0.6) is 0 Å². The number of aromatic amines is 1. The summed E-state index contributed by atoms with van der Waals surface area (Å²) in [6.45, 7) is 2.34. The molecular formula is C14H16Br2N2O. The van der Waals surface area contributed by atoms with Crippen LogP contribution in [-0.4, -0.2) is 5.78 Å². The zero-order valence-corrected chi connectivity index (χ0v) is 13.8. The number of carbonyl (C=O) groups excluding carboxylic acids is 1. The number of H-pyrrole nitrogens is 1. The SMILES string of the molecule is CCC(=O)C[n+]1ccc(-c2cc[nH+]cc2)cc1.[Br-].[Br-]. The summed E-state index contributed by atoms with van der Waals surface area (Å²) in [5, 5.41) is 0. The fourth-order valence-electron chi connectivity index (χ4n) is 1.65. The number of ketones is 1. The Balaban J connectivity index is 0.00000162. The van der Waals surface area contributed by atoms with Gasteiger partial charge in [0.2, 0.25) is 6.54 Å². The van der Waals surface area contributed by atoms with Gasteiger partial charge in [-0.25, -0.2) is 4.98 Å². The third-order valence-electron chi connectivity index (χ3n) is 2.70. The van der Waals surface area contributed by atoms with E-state index in [1.807, 2.05) is 60.5 Å². The van der Waals surface area contributed by atoms with Crippen LogP contribution in [0.1, 0.15) is 13.3 Å². The van der Waals surface area contributed by atoms with Crippen LogP contribution in [0.15, 0.2) is 49.1 Å². The number of hydrogen-bond acceptors (Lipinski definition) is 1. The maximum atomic E-state index is 11.3. The quantitative estimate of drug-likeness (QED) is 0.486. The summed E-state index contributed by atoms with van der Waals surface area (Å²) < 4.78 is 1.91. The second-order valence-electron chi connectivity index (χ2n) is 3.94. The van der Waals surface area contributed by atoms with Crippen LogP contribution in [0.25, 0.3) is 11.1 Å². The highest BCUT2D eigenvalue weighted by atomic mass is 79.9. The Morgan fingerprint density at radius 1 is 1.05 bits per heavy atom. The van der Waals surface area contributed by atoms with Gasteiger partial charge in [-0.2, -0.15) is 4.57 Å². The molecule has 5 heteroatoms. The van der Waals surface area contributed by atoms with Gasteiger partial charge >= 0.3 is 0 Å². The van der Waals surface area contributed by atoms with Crippen molar-refractivity contribution in [1.82, 2.24) is 0 Å². The van der Waals surface area contributed by atoms with E-state index in [0.29, 0.717) is 13.0 Å². The minimum atomic E-state index is 0. The smallest absolute Gasteiger partial charge is 0.206 e. The van der Waals surface area contributed by atoms with Crippen molar-refractivity contribution in [2.75, 3.05) is 0 Å². The predicted octanol–water partition coefficient (Wildman–Crippen LogP) is -4.56. The Morgan fingerprint density at radius 3 is 2.11 bits per heavy atom. The van der Waals surface area contributed by atoms with E-state index in [4.69, 9.17) is 0 Å². The first-order valence-electron chi connectivity index (χ1n) is 5.77. The van der Waals surface area contributed by atoms with Crippen molar-refractivity contribution >= 4 is 5.78 Å². The van der Waals surface area contributed by atoms with E-state index < -0.39 is 0 Å². The van der Waals surface area contributed by atoms with Crippen LogP contribution in [-0.2, 0) is 11.3 Å². The van der Waals surface area contributed by atoms with Crippen molar-refractivity contribution < 1.29 is 48.3 Å². The summed E-state index contributed by atoms with van der Waals surface area (Å²) >= 11 is 0.